The van der Waals surface area contributed by atoms with E-state index in [0.29, 0.717) is 29.5 Å². The van der Waals surface area contributed by atoms with Crippen molar-refractivity contribution in [1.29, 1.82) is 0 Å². The first-order chi connectivity index (χ1) is 16.7. The van der Waals surface area contributed by atoms with Gasteiger partial charge in [0.15, 0.2) is 0 Å². The number of hydrogen-bond donors (Lipinski definition) is 1. The van der Waals surface area contributed by atoms with Crippen LogP contribution in [0.15, 0.2) is 77.9 Å². The monoisotopic (exact) mass is 478 g/mol. The van der Waals surface area contributed by atoms with Crippen molar-refractivity contribution < 1.29 is 14.3 Å². The van der Waals surface area contributed by atoms with E-state index < -0.39 is 0 Å². The highest BCUT2D eigenvalue weighted by atomic mass is 35.5. The number of nitrogens with one attached hydrogen (secondary N) is 1. The number of unbranched alkanes of at least 4 members (excludes halogenated alkanes) is 4. The van der Waals surface area contributed by atoms with E-state index in [1.54, 1.807) is 30.5 Å². The zero-order valence-corrected chi connectivity index (χ0v) is 20.3. The Labute approximate surface area is 206 Å². The fourth-order valence-electron chi connectivity index (χ4n) is 3.28. The molecule has 0 bridgehead atoms. The lowest BCUT2D eigenvalue weighted by Gasteiger charge is -2.09. The third-order valence-electron chi connectivity index (χ3n) is 5.23. The van der Waals surface area contributed by atoms with Gasteiger partial charge in [0.2, 0.25) is 0 Å². The number of benzene rings is 3. The Kier molecular flexibility index (Phi) is 10.5. The molecule has 0 spiro atoms. The average molecular weight is 479 g/mol. The number of ether oxygens (including phenoxy) is 2. The van der Waals surface area contributed by atoms with Crippen LogP contribution >= 0.6 is 11.6 Å². The molecule has 3 aromatic carbocycles. The summed E-state index contributed by atoms with van der Waals surface area (Å²) in [5, 5.41) is 4.80. The summed E-state index contributed by atoms with van der Waals surface area (Å²) in [5.41, 5.74) is 4.90. The van der Waals surface area contributed by atoms with Gasteiger partial charge in [-0.05, 0) is 60.5 Å². The minimum Gasteiger partial charge on any atom is -0.493 e. The van der Waals surface area contributed by atoms with Crippen LogP contribution in [0.3, 0.4) is 0 Å². The van der Waals surface area contributed by atoms with Gasteiger partial charge in [-0.2, -0.15) is 5.10 Å². The van der Waals surface area contributed by atoms with Gasteiger partial charge in [0.05, 0.1) is 12.8 Å². The molecule has 3 rings (SSSR count). The molecule has 0 aromatic heterocycles. The summed E-state index contributed by atoms with van der Waals surface area (Å²) < 4.78 is 11.7. The topological polar surface area (TPSA) is 59.9 Å². The van der Waals surface area contributed by atoms with Crippen LogP contribution in [-0.4, -0.2) is 18.7 Å². The van der Waals surface area contributed by atoms with Crippen LogP contribution in [0.4, 0.5) is 0 Å². The van der Waals surface area contributed by atoms with Crippen LogP contribution in [0.5, 0.6) is 11.5 Å². The molecule has 0 radical (unpaired) electrons. The molecule has 3 aromatic rings. The molecule has 0 fully saturated rings. The van der Waals surface area contributed by atoms with E-state index >= 15 is 0 Å². The second-order valence-corrected chi connectivity index (χ2v) is 8.38. The van der Waals surface area contributed by atoms with E-state index in [4.69, 9.17) is 21.1 Å². The molecule has 178 valence electrons. The Balaban J connectivity index is 1.46. The molecule has 0 aliphatic rings. The fourth-order valence-corrected chi connectivity index (χ4v) is 3.41. The van der Waals surface area contributed by atoms with Gasteiger partial charge in [0, 0.05) is 16.1 Å². The standard InChI is InChI=1S/C28H31ClN2O3/c1-2-3-4-5-8-19-33-27-10-7-6-9-24(27)20-30-31-28(32)23-13-17-26(18-14-23)34-21-22-11-15-25(29)16-12-22/h6-7,9-18,20H,2-5,8,19,21H2,1H3,(H,31,32)/b30-20-. The first kappa shape index (κ1) is 25.3. The Morgan fingerprint density at radius 2 is 1.65 bits per heavy atom. The maximum atomic E-state index is 12.4. The van der Waals surface area contributed by atoms with Gasteiger partial charge in [-0.1, -0.05) is 68.5 Å². The number of rotatable bonds is 13. The normalized spacial score (nSPS) is 10.9. The van der Waals surface area contributed by atoms with Gasteiger partial charge in [-0.15, -0.1) is 0 Å². The van der Waals surface area contributed by atoms with Gasteiger partial charge in [-0.3, -0.25) is 4.79 Å². The van der Waals surface area contributed by atoms with Crippen LogP contribution < -0.4 is 14.9 Å². The van der Waals surface area contributed by atoms with Crippen molar-refractivity contribution in [2.45, 2.75) is 45.6 Å². The van der Waals surface area contributed by atoms with Crippen molar-refractivity contribution in [2.75, 3.05) is 6.61 Å². The SMILES string of the molecule is CCCCCCCOc1ccccc1/C=N\NC(=O)c1ccc(OCc2ccc(Cl)cc2)cc1. The summed E-state index contributed by atoms with van der Waals surface area (Å²) in [6, 6.07) is 22.1. The van der Waals surface area contributed by atoms with Gasteiger partial charge in [-0.25, -0.2) is 5.43 Å². The minimum absolute atomic E-state index is 0.296. The van der Waals surface area contributed by atoms with E-state index in [0.717, 1.165) is 23.3 Å². The van der Waals surface area contributed by atoms with Crippen molar-refractivity contribution in [3.05, 3.63) is 94.5 Å². The summed E-state index contributed by atoms with van der Waals surface area (Å²) in [6.45, 7) is 3.30. The van der Waals surface area contributed by atoms with Crippen molar-refractivity contribution >= 4 is 23.7 Å². The maximum Gasteiger partial charge on any atom is 0.271 e. The van der Waals surface area contributed by atoms with Crippen molar-refractivity contribution in [3.8, 4) is 11.5 Å². The largest absolute Gasteiger partial charge is 0.493 e. The lowest BCUT2D eigenvalue weighted by atomic mass is 10.2. The molecule has 6 heteroatoms. The second kappa shape index (κ2) is 14.1. The van der Waals surface area contributed by atoms with Crippen LogP contribution in [0.2, 0.25) is 5.02 Å². The molecule has 1 N–H and O–H groups in total. The predicted octanol–water partition coefficient (Wildman–Crippen LogP) is 7.03. The summed E-state index contributed by atoms with van der Waals surface area (Å²) in [5.74, 6) is 1.14. The van der Waals surface area contributed by atoms with E-state index in [1.807, 2.05) is 48.5 Å². The molecule has 5 nitrogen and oxygen atoms in total. The number of nitrogens with zero attached hydrogens (tertiary/aromatic N) is 1. The fraction of sp³-hybridized carbons (Fsp3) is 0.286. The number of halogens is 1. The van der Waals surface area contributed by atoms with Gasteiger partial charge in [0.1, 0.15) is 18.1 Å². The smallest absolute Gasteiger partial charge is 0.271 e. The quantitative estimate of drug-likeness (QED) is 0.163. The van der Waals surface area contributed by atoms with E-state index in [2.05, 4.69) is 17.5 Å². The van der Waals surface area contributed by atoms with Crippen LogP contribution in [-0.2, 0) is 6.61 Å². The molecule has 0 saturated carbocycles. The van der Waals surface area contributed by atoms with E-state index in [-0.39, 0.29) is 5.91 Å². The zero-order chi connectivity index (χ0) is 24.0. The number of carbonyl (C=O) groups excluding carboxylic acids is 1. The third-order valence-corrected chi connectivity index (χ3v) is 5.48. The van der Waals surface area contributed by atoms with E-state index in [1.165, 1.54) is 25.7 Å². The van der Waals surface area contributed by atoms with Gasteiger partial charge in [0.25, 0.3) is 5.91 Å². The molecule has 0 aliphatic heterocycles. The Bertz CT molecular complexity index is 1050. The lowest BCUT2D eigenvalue weighted by molar-refractivity contribution is 0.0955. The second-order valence-electron chi connectivity index (χ2n) is 7.94. The highest BCUT2D eigenvalue weighted by Gasteiger charge is 2.06. The molecular formula is C28H31ClN2O3. The summed E-state index contributed by atoms with van der Waals surface area (Å²) in [7, 11) is 0. The maximum absolute atomic E-state index is 12.4. The minimum atomic E-state index is -0.296. The molecule has 0 heterocycles. The number of amides is 1. The molecule has 0 saturated heterocycles. The van der Waals surface area contributed by atoms with Crippen molar-refractivity contribution in [2.24, 2.45) is 5.10 Å². The summed E-state index contributed by atoms with van der Waals surface area (Å²) in [4.78, 5) is 12.4. The third kappa shape index (κ3) is 8.56. The van der Waals surface area contributed by atoms with Gasteiger partial charge >= 0.3 is 0 Å². The van der Waals surface area contributed by atoms with E-state index in [9.17, 15) is 4.79 Å². The lowest BCUT2D eigenvalue weighted by Crippen LogP contribution is -2.17. The first-order valence-corrected chi connectivity index (χ1v) is 12.1. The number of carbonyl (C=O) groups is 1. The Morgan fingerprint density at radius 1 is 0.912 bits per heavy atom. The average Bonchev–Trinajstić information content (AvgIpc) is 2.87. The highest BCUT2D eigenvalue weighted by Crippen LogP contribution is 2.18. The molecule has 34 heavy (non-hydrogen) atoms. The number of hydrazone groups is 1. The highest BCUT2D eigenvalue weighted by molar-refractivity contribution is 6.30. The summed E-state index contributed by atoms with van der Waals surface area (Å²) in [6.07, 6.45) is 7.54. The number of hydrogen-bond acceptors (Lipinski definition) is 4. The first-order valence-electron chi connectivity index (χ1n) is 11.7. The number of para-hydroxylation sites is 1. The molecule has 0 aliphatic carbocycles. The summed E-state index contributed by atoms with van der Waals surface area (Å²) >= 11 is 5.90. The van der Waals surface area contributed by atoms with Crippen LogP contribution in [0, 0.1) is 0 Å². The zero-order valence-electron chi connectivity index (χ0n) is 19.5. The van der Waals surface area contributed by atoms with Crippen molar-refractivity contribution in [3.63, 3.8) is 0 Å². The van der Waals surface area contributed by atoms with Crippen LogP contribution in [0.1, 0.15) is 60.5 Å². The molecule has 1 amide bonds. The molecular weight excluding hydrogens is 448 g/mol. The Morgan fingerprint density at radius 3 is 2.41 bits per heavy atom. The Hall–Kier alpha value is -3.31. The van der Waals surface area contributed by atoms with Gasteiger partial charge < -0.3 is 9.47 Å². The molecule has 0 unspecified atom stereocenters. The van der Waals surface area contributed by atoms with Crippen LogP contribution in [0.25, 0.3) is 0 Å². The predicted molar refractivity (Wildman–Crippen MR) is 138 cm³/mol. The van der Waals surface area contributed by atoms with Crippen molar-refractivity contribution in [1.82, 2.24) is 5.43 Å². The molecule has 0 atom stereocenters.